The number of nitrogens with zero attached hydrogens (tertiary/aromatic N) is 7. The second kappa shape index (κ2) is 14.1. The summed E-state index contributed by atoms with van der Waals surface area (Å²) in [4.78, 5) is 31.0. The zero-order valence-corrected chi connectivity index (χ0v) is 27.5. The average molecular weight is 685 g/mol. The van der Waals surface area contributed by atoms with Crippen LogP contribution in [0.4, 0.5) is 33.7 Å². The van der Waals surface area contributed by atoms with E-state index in [0.717, 1.165) is 12.1 Å². The standard InChI is InChI=1S/C33H36F4N8O4/c1-32(2,3)49-31(47)43(5)19-22-20-44(17-16-42(22)4)29-24(40-30(46)25-13-15-45(41-25)21-12-14-38-39-18-21)10-11-27(28(29)33(35,36)37)48-26-9-7-6-8-23(26)34/h6-15,18,22H,16-17,19-20H2,1-5H3,(H,40,46)/t22-/m0/s1. The predicted molar refractivity (Wildman–Crippen MR) is 173 cm³/mol. The van der Waals surface area contributed by atoms with Gasteiger partial charge in [-0.2, -0.15) is 28.5 Å². The van der Waals surface area contributed by atoms with E-state index in [1.54, 1.807) is 33.9 Å². The number of carbonyl (C=O) groups excluding carboxylic acids is 2. The summed E-state index contributed by atoms with van der Waals surface area (Å²) < 4.78 is 72.3. The van der Waals surface area contributed by atoms with Gasteiger partial charge in [-0.3, -0.25) is 9.69 Å². The van der Waals surface area contributed by atoms with Crippen LogP contribution in [0.3, 0.4) is 0 Å². The minimum Gasteiger partial charge on any atom is -0.454 e. The van der Waals surface area contributed by atoms with Crippen molar-refractivity contribution in [1.82, 2.24) is 29.8 Å². The van der Waals surface area contributed by atoms with Crippen molar-refractivity contribution in [1.29, 1.82) is 0 Å². The van der Waals surface area contributed by atoms with Crippen LogP contribution in [0.1, 0.15) is 36.8 Å². The molecule has 1 fully saturated rings. The lowest BCUT2D eigenvalue weighted by Crippen LogP contribution is -2.56. The Kier molecular flexibility index (Phi) is 10.1. The van der Waals surface area contributed by atoms with E-state index in [0.29, 0.717) is 12.2 Å². The van der Waals surface area contributed by atoms with Gasteiger partial charge in [0.25, 0.3) is 5.91 Å². The molecule has 5 rings (SSSR count). The maximum atomic E-state index is 15.1. The number of ether oxygens (including phenoxy) is 2. The van der Waals surface area contributed by atoms with E-state index >= 15 is 13.2 Å². The third-order valence-corrected chi connectivity index (χ3v) is 7.67. The molecule has 2 aromatic carbocycles. The van der Waals surface area contributed by atoms with Gasteiger partial charge in [-0.15, -0.1) is 0 Å². The molecule has 2 aromatic heterocycles. The number of aromatic nitrogens is 4. The van der Waals surface area contributed by atoms with Crippen LogP contribution in [0.5, 0.6) is 11.5 Å². The molecule has 0 saturated carbocycles. The minimum atomic E-state index is -5.00. The minimum absolute atomic E-state index is 0.0302. The molecule has 0 unspecified atom stereocenters. The van der Waals surface area contributed by atoms with E-state index in [2.05, 4.69) is 20.6 Å². The molecule has 0 spiro atoms. The van der Waals surface area contributed by atoms with Gasteiger partial charge in [0.15, 0.2) is 17.3 Å². The van der Waals surface area contributed by atoms with Crippen LogP contribution in [-0.2, 0) is 10.9 Å². The zero-order chi connectivity index (χ0) is 35.5. The third kappa shape index (κ3) is 8.43. The number of nitrogens with one attached hydrogen (secondary N) is 1. The van der Waals surface area contributed by atoms with Crippen LogP contribution in [0, 0.1) is 5.82 Å². The van der Waals surface area contributed by atoms with Crippen molar-refractivity contribution in [3.8, 4) is 17.2 Å². The summed E-state index contributed by atoms with van der Waals surface area (Å²) in [6.45, 7) is 5.82. The molecule has 1 atom stereocenters. The smallest absolute Gasteiger partial charge is 0.422 e. The number of benzene rings is 2. The first-order valence-electron chi connectivity index (χ1n) is 15.3. The topological polar surface area (TPSA) is 118 Å². The molecule has 3 heterocycles. The largest absolute Gasteiger partial charge is 0.454 e. The number of likely N-dealkylation sites (N-methyl/N-ethyl adjacent to an activating group) is 2. The van der Waals surface area contributed by atoms with Crippen molar-refractivity contribution < 1.29 is 36.6 Å². The molecule has 12 nitrogen and oxygen atoms in total. The van der Waals surface area contributed by atoms with Crippen molar-refractivity contribution in [3.63, 3.8) is 0 Å². The molecule has 16 heteroatoms. The van der Waals surface area contributed by atoms with Gasteiger partial charge in [-0.25, -0.2) is 13.9 Å². The SMILES string of the molecule is CN(C[C@H]1CN(c2c(NC(=O)c3ccn(-c4ccnnc4)n3)ccc(Oc3ccccc3F)c2C(F)(F)F)CCN1C)C(=O)OC(C)(C)C. The van der Waals surface area contributed by atoms with Crippen molar-refractivity contribution in [3.05, 3.63) is 84.2 Å². The molecule has 4 aromatic rings. The van der Waals surface area contributed by atoms with Gasteiger partial charge in [-0.05, 0) is 64.2 Å². The number of carbonyl (C=O) groups is 2. The lowest BCUT2D eigenvalue weighted by molar-refractivity contribution is -0.138. The molecule has 0 aliphatic carbocycles. The maximum Gasteiger partial charge on any atom is 0.422 e. The van der Waals surface area contributed by atoms with Gasteiger partial charge in [-0.1, -0.05) is 12.1 Å². The second-order valence-electron chi connectivity index (χ2n) is 12.5. The number of piperazine rings is 1. The quantitative estimate of drug-likeness (QED) is 0.228. The highest BCUT2D eigenvalue weighted by molar-refractivity contribution is 6.05. The number of halogens is 4. The van der Waals surface area contributed by atoms with Gasteiger partial charge >= 0.3 is 12.3 Å². The summed E-state index contributed by atoms with van der Waals surface area (Å²) in [6.07, 6.45) is -1.20. The number of para-hydroxylation sites is 1. The summed E-state index contributed by atoms with van der Waals surface area (Å²) in [7, 11) is 3.36. The van der Waals surface area contributed by atoms with Gasteiger partial charge in [0, 0.05) is 45.5 Å². The van der Waals surface area contributed by atoms with E-state index in [4.69, 9.17) is 9.47 Å². The number of anilines is 2. The Bertz CT molecular complexity index is 1800. The highest BCUT2D eigenvalue weighted by atomic mass is 19.4. The van der Waals surface area contributed by atoms with E-state index in [1.807, 2.05) is 11.9 Å². The molecule has 1 saturated heterocycles. The lowest BCUT2D eigenvalue weighted by Gasteiger charge is -2.43. The fourth-order valence-corrected chi connectivity index (χ4v) is 5.28. The molecule has 49 heavy (non-hydrogen) atoms. The average Bonchev–Trinajstić information content (AvgIpc) is 3.54. The highest BCUT2D eigenvalue weighted by Crippen LogP contribution is 2.48. The Morgan fingerprint density at radius 1 is 1.02 bits per heavy atom. The first-order valence-corrected chi connectivity index (χ1v) is 15.3. The molecule has 0 bridgehead atoms. The van der Waals surface area contributed by atoms with E-state index in [1.165, 1.54) is 63.4 Å². The van der Waals surface area contributed by atoms with Gasteiger partial charge in [0.05, 0.1) is 29.5 Å². The summed E-state index contributed by atoms with van der Waals surface area (Å²) in [5.74, 6) is -2.67. The summed E-state index contributed by atoms with van der Waals surface area (Å²) >= 11 is 0. The van der Waals surface area contributed by atoms with Crippen molar-refractivity contribution >= 4 is 23.4 Å². The van der Waals surface area contributed by atoms with Crippen LogP contribution >= 0.6 is 0 Å². The third-order valence-electron chi connectivity index (χ3n) is 7.67. The monoisotopic (exact) mass is 684 g/mol. The Labute approximate surface area is 280 Å². The molecule has 1 N–H and O–H groups in total. The van der Waals surface area contributed by atoms with Crippen LogP contribution in [0.25, 0.3) is 5.69 Å². The molecule has 0 radical (unpaired) electrons. The van der Waals surface area contributed by atoms with Gasteiger partial charge in [0.2, 0.25) is 0 Å². The van der Waals surface area contributed by atoms with Crippen molar-refractivity contribution in [2.24, 2.45) is 0 Å². The zero-order valence-electron chi connectivity index (χ0n) is 27.5. The van der Waals surface area contributed by atoms with Crippen LogP contribution in [-0.4, -0.2) is 93.7 Å². The number of amides is 2. The maximum absolute atomic E-state index is 15.1. The van der Waals surface area contributed by atoms with Gasteiger partial charge < -0.3 is 24.6 Å². The fraction of sp³-hybridized carbons (Fsp3) is 0.364. The Balaban J connectivity index is 1.53. The van der Waals surface area contributed by atoms with E-state index in [-0.39, 0.29) is 36.7 Å². The Morgan fingerprint density at radius 2 is 1.78 bits per heavy atom. The number of alkyl halides is 3. The number of rotatable bonds is 8. The molecular weight excluding hydrogens is 648 g/mol. The number of hydrogen-bond donors (Lipinski definition) is 1. The summed E-state index contributed by atoms with van der Waals surface area (Å²) in [5.41, 5.74) is -2.03. The van der Waals surface area contributed by atoms with Crippen LogP contribution in [0.2, 0.25) is 0 Å². The molecule has 1 aliphatic rings. The second-order valence-corrected chi connectivity index (χ2v) is 12.5. The first kappa shape index (κ1) is 35.1. The van der Waals surface area contributed by atoms with Crippen LogP contribution < -0.4 is 15.0 Å². The Hall–Kier alpha value is -5.25. The predicted octanol–water partition coefficient (Wildman–Crippen LogP) is 5.85. The molecule has 2 amide bonds. The molecule has 1 aliphatic heterocycles. The van der Waals surface area contributed by atoms with Crippen molar-refractivity contribution in [2.75, 3.05) is 50.5 Å². The first-order chi connectivity index (χ1) is 23.1. The highest BCUT2D eigenvalue weighted by Gasteiger charge is 2.42. The van der Waals surface area contributed by atoms with Crippen LogP contribution in [0.15, 0.2) is 67.1 Å². The van der Waals surface area contributed by atoms with Gasteiger partial charge in [0.1, 0.15) is 16.9 Å². The normalized spacial score (nSPS) is 15.5. The molecule has 260 valence electrons. The lowest BCUT2D eigenvalue weighted by atomic mass is 10.0. The Morgan fingerprint density at radius 3 is 2.45 bits per heavy atom. The fourth-order valence-electron chi connectivity index (χ4n) is 5.28. The summed E-state index contributed by atoms with van der Waals surface area (Å²) in [6, 6.07) is 10.0. The van der Waals surface area contributed by atoms with E-state index in [9.17, 15) is 14.0 Å². The van der Waals surface area contributed by atoms with Crippen molar-refractivity contribution in [2.45, 2.75) is 38.6 Å². The molecular formula is C33H36F4N8O4. The summed E-state index contributed by atoms with van der Waals surface area (Å²) in [5, 5.41) is 14.3. The number of hydrogen-bond acceptors (Lipinski definition) is 9. The van der Waals surface area contributed by atoms with E-state index < -0.39 is 52.7 Å².